The fraction of sp³-hybridized carbons (Fsp3) is 0.577. The fourth-order valence-corrected chi connectivity index (χ4v) is 4.24. The van der Waals surface area contributed by atoms with Gasteiger partial charge in [0.25, 0.3) is 0 Å². The summed E-state index contributed by atoms with van der Waals surface area (Å²) < 4.78 is 0. The molecule has 0 aliphatic carbocycles. The fourth-order valence-electron chi connectivity index (χ4n) is 4.24. The van der Waals surface area contributed by atoms with Gasteiger partial charge in [0, 0.05) is 6.42 Å². The first-order valence-electron chi connectivity index (χ1n) is 11.4. The first-order valence-corrected chi connectivity index (χ1v) is 11.4. The van der Waals surface area contributed by atoms with Crippen LogP contribution in [0.3, 0.4) is 0 Å². The molecule has 2 nitrogen and oxygen atoms in total. The highest BCUT2D eigenvalue weighted by molar-refractivity contribution is 5.86. The van der Waals surface area contributed by atoms with Gasteiger partial charge in [-0.2, -0.15) is 0 Å². The Morgan fingerprint density at radius 3 is 2.11 bits per heavy atom. The van der Waals surface area contributed by atoms with E-state index in [1.165, 1.54) is 75.0 Å². The largest absolute Gasteiger partial charge is 0.481 e. The maximum atomic E-state index is 10.5. The molecule has 0 fully saturated rings. The number of carbonyl (C=O) groups is 1. The van der Waals surface area contributed by atoms with Crippen LogP contribution in [-0.4, -0.2) is 11.1 Å². The summed E-state index contributed by atoms with van der Waals surface area (Å²) >= 11 is 0. The third-order valence-corrected chi connectivity index (χ3v) is 5.86. The summed E-state index contributed by atoms with van der Waals surface area (Å²) in [4.78, 5) is 10.5. The van der Waals surface area contributed by atoms with Crippen molar-refractivity contribution in [2.24, 2.45) is 0 Å². The van der Waals surface area contributed by atoms with E-state index in [-0.39, 0.29) is 0 Å². The standard InChI is InChI=1S/C26H38O2/c1-2-3-15-22(25-20-14-18-23-17-12-13-19-24(23)25)16-10-8-6-4-5-7-9-11-21-26(27)28/h12-14,17-20,22H,2-11,15-16,21H2,1H3,(H,27,28). The predicted molar refractivity (Wildman–Crippen MR) is 120 cm³/mol. The topological polar surface area (TPSA) is 37.3 Å². The molecule has 2 aromatic rings. The second-order valence-corrected chi connectivity index (χ2v) is 8.17. The normalized spacial score (nSPS) is 12.3. The lowest BCUT2D eigenvalue weighted by Gasteiger charge is -2.19. The van der Waals surface area contributed by atoms with Gasteiger partial charge in [0.05, 0.1) is 0 Å². The minimum absolute atomic E-state index is 0.327. The SMILES string of the molecule is CCCCC(CCCCCCCCCCC(=O)O)c1cccc2ccccc12. The summed E-state index contributed by atoms with van der Waals surface area (Å²) in [7, 11) is 0. The molecular formula is C26H38O2. The van der Waals surface area contributed by atoms with Crippen molar-refractivity contribution >= 4 is 16.7 Å². The van der Waals surface area contributed by atoms with E-state index in [2.05, 4.69) is 49.4 Å². The van der Waals surface area contributed by atoms with E-state index in [0.717, 1.165) is 12.8 Å². The first kappa shape index (κ1) is 22.5. The molecule has 1 N–H and O–H groups in total. The zero-order chi connectivity index (χ0) is 20.0. The lowest BCUT2D eigenvalue weighted by molar-refractivity contribution is -0.137. The van der Waals surface area contributed by atoms with Crippen LogP contribution in [0.4, 0.5) is 0 Å². The Labute approximate surface area is 171 Å². The van der Waals surface area contributed by atoms with Gasteiger partial charge in [-0.3, -0.25) is 4.79 Å². The van der Waals surface area contributed by atoms with Crippen molar-refractivity contribution in [1.29, 1.82) is 0 Å². The van der Waals surface area contributed by atoms with Crippen molar-refractivity contribution in [3.05, 3.63) is 48.0 Å². The summed E-state index contributed by atoms with van der Waals surface area (Å²) in [5.41, 5.74) is 1.55. The van der Waals surface area contributed by atoms with E-state index >= 15 is 0 Å². The monoisotopic (exact) mass is 382 g/mol. The van der Waals surface area contributed by atoms with Gasteiger partial charge in [0.2, 0.25) is 0 Å². The van der Waals surface area contributed by atoms with E-state index < -0.39 is 5.97 Å². The Morgan fingerprint density at radius 1 is 0.786 bits per heavy atom. The van der Waals surface area contributed by atoms with E-state index in [0.29, 0.717) is 12.3 Å². The van der Waals surface area contributed by atoms with Crippen LogP contribution in [0.5, 0.6) is 0 Å². The molecule has 154 valence electrons. The molecule has 0 heterocycles. The Morgan fingerprint density at radius 2 is 1.39 bits per heavy atom. The summed E-state index contributed by atoms with van der Waals surface area (Å²) in [6, 6.07) is 15.6. The number of hydrogen-bond acceptors (Lipinski definition) is 1. The highest BCUT2D eigenvalue weighted by Gasteiger charge is 2.13. The Balaban J connectivity index is 1.73. The average molecular weight is 383 g/mol. The van der Waals surface area contributed by atoms with Gasteiger partial charge < -0.3 is 5.11 Å². The van der Waals surface area contributed by atoms with Crippen LogP contribution >= 0.6 is 0 Å². The van der Waals surface area contributed by atoms with Crippen LogP contribution in [0.1, 0.15) is 102 Å². The summed E-state index contributed by atoms with van der Waals surface area (Å²) in [5, 5.41) is 11.5. The molecule has 28 heavy (non-hydrogen) atoms. The maximum Gasteiger partial charge on any atom is 0.303 e. The van der Waals surface area contributed by atoms with Crippen LogP contribution in [0, 0.1) is 0 Å². The van der Waals surface area contributed by atoms with Crippen LogP contribution in [0.2, 0.25) is 0 Å². The molecule has 0 aliphatic heterocycles. The minimum atomic E-state index is -0.663. The summed E-state index contributed by atoms with van der Waals surface area (Å²) in [6.07, 6.45) is 15.1. The molecule has 0 amide bonds. The minimum Gasteiger partial charge on any atom is -0.481 e. The van der Waals surface area contributed by atoms with E-state index in [9.17, 15) is 4.79 Å². The van der Waals surface area contributed by atoms with E-state index in [1.807, 2.05) is 0 Å². The lowest BCUT2D eigenvalue weighted by atomic mass is 9.86. The number of carboxylic acid groups (broad SMARTS) is 1. The summed E-state index contributed by atoms with van der Waals surface area (Å²) in [6.45, 7) is 2.29. The van der Waals surface area contributed by atoms with Gasteiger partial charge in [0.1, 0.15) is 0 Å². The highest BCUT2D eigenvalue weighted by atomic mass is 16.4. The van der Waals surface area contributed by atoms with E-state index in [1.54, 1.807) is 5.56 Å². The second kappa shape index (κ2) is 13.4. The first-order chi connectivity index (χ1) is 13.7. The van der Waals surface area contributed by atoms with Gasteiger partial charge in [-0.15, -0.1) is 0 Å². The number of unbranched alkanes of at least 4 members (excludes halogenated alkanes) is 8. The van der Waals surface area contributed by atoms with E-state index in [4.69, 9.17) is 5.11 Å². The van der Waals surface area contributed by atoms with Crippen molar-refractivity contribution in [2.45, 2.75) is 96.3 Å². The number of rotatable bonds is 15. The van der Waals surface area contributed by atoms with Crippen molar-refractivity contribution in [3.8, 4) is 0 Å². The predicted octanol–water partition coefficient (Wildman–Crippen LogP) is 8.10. The number of benzene rings is 2. The molecule has 1 unspecified atom stereocenters. The van der Waals surface area contributed by atoms with Gasteiger partial charge in [-0.05, 0) is 41.5 Å². The third kappa shape index (κ3) is 8.04. The molecule has 1 atom stereocenters. The zero-order valence-electron chi connectivity index (χ0n) is 17.7. The zero-order valence-corrected chi connectivity index (χ0v) is 17.7. The highest BCUT2D eigenvalue weighted by Crippen LogP contribution is 2.33. The molecule has 2 heteroatoms. The molecule has 2 rings (SSSR count). The second-order valence-electron chi connectivity index (χ2n) is 8.17. The third-order valence-electron chi connectivity index (χ3n) is 5.86. The molecule has 0 spiro atoms. The van der Waals surface area contributed by atoms with Gasteiger partial charge in [-0.1, -0.05) is 107 Å². The molecule has 0 radical (unpaired) electrons. The number of aliphatic carboxylic acids is 1. The number of hydrogen-bond donors (Lipinski definition) is 1. The van der Waals surface area contributed by atoms with Crippen molar-refractivity contribution < 1.29 is 9.90 Å². The molecule has 2 aromatic carbocycles. The summed E-state index contributed by atoms with van der Waals surface area (Å²) in [5.74, 6) is 0.0193. The van der Waals surface area contributed by atoms with Crippen molar-refractivity contribution in [1.82, 2.24) is 0 Å². The Hall–Kier alpha value is -1.83. The maximum absolute atomic E-state index is 10.5. The van der Waals surface area contributed by atoms with Crippen LogP contribution in [0.15, 0.2) is 42.5 Å². The van der Waals surface area contributed by atoms with Crippen molar-refractivity contribution in [3.63, 3.8) is 0 Å². The van der Waals surface area contributed by atoms with Crippen molar-refractivity contribution in [2.75, 3.05) is 0 Å². The van der Waals surface area contributed by atoms with Crippen LogP contribution in [0.25, 0.3) is 10.8 Å². The van der Waals surface area contributed by atoms with Gasteiger partial charge in [-0.25, -0.2) is 0 Å². The molecule has 0 saturated carbocycles. The molecule has 0 aliphatic rings. The molecule has 0 bridgehead atoms. The Bertz CT molecular complexity index is 686. The molecule has 0 saturated heterocycles. The quantitative estimate of drug-likeness (QED) is 0.316. The van der Waals surface area contributed by atoms with Crippen LogP contribution < -0.4 is 0 Å². The average Bonchev–Trinajstić information content (AvgIpc) is 2.71. The van der Waals surface area contributed by atoms with Gasteiger partial charge in [0.15, 0.2) is 0 Å². The lowest BCUT2D eigenvalue weighted by Crippen LogP contribution is -2.00. The Kier molecular flexibility index (Phi) is 10.7. The number of carboxylic acids is 1. The molecular weight excluding hydrogens is 344 g/mol. The smallest absolute Gasteiger partial charge is 0.303 e. The van der Waals surface area contributed by atoms with Gasteiger partial charge >= 0.3 is 5.97 Å². The molecule has 0 aromatic heterocycles. The number of fused-ring (bicyclic) bond motifs is 1. The van der Waals surface area contributed by atoms with Crippen LogP contribution in [-0.2, 0) is 4.79 Å².